The Morgan fingerprint density at radius 1 is 1.43 bits per heavy atom. The van der Waals surface area contributed by atoms with Crippen LogP contribution in [0.4, 0.5) is 5.69 Å². The third-order valence-electron chi connectivity index (χ3n) is 2.76. The van der Waals surface area contributed by atoms with E-state index in [0.717, 1.165) is 26.0 Å². The lowest BCUT2D eigenvalue weighted by molar-refractivity contribution is 0.195. The second kappa shape index (κ2) is 4.47. The van der Waals surface area contributed by atoms with Gasteiger partial charge in [-0.15, -0.1) is 0 Å². The highest BCUT2D eigenvalue weighted by Crippen LogP contribution is 2.26. The second-order valence-electron chi connectivity index (χ2n) is 3.72. The number of ether oxygens (including phenoxy) is 1. The Morgan fingerprint density at radius 2 is 2.36 bits per heavy atom. The lowest BCUT2D eigenvalue weighted by Gasteiger charge is -2.07. The average Bonchev–Trinajstić information content (AvgIpc) is 2.67. The SMILES string of the molecule is COCCCc1cccc2c1CCN2. The molecule has 0 bridgehead atoms. The van der Waals surface area contributed by atoms with E-state index in [0.29, 0.717) is 0 Å². The topological polar surface area (TPSA) is 21.3 Å². The van der Waals surface area contributed by atoms with E-state index < -0.39 is 0 Å². The van der Waals surface area contributed by atoms with Crippen LogP contribution in [0.25, 0.3) is 0 Å². The number of hydrogen-bond donors (Lipinski definition) is 1. The zero-order valence-electron chi connectivity index (χ0n) is 8.68. The molecule has 2 rings (SSSR count). The van der Waals surface area contributed by atoms with Crippen LogP contribution in [0, 0.1) is 0 Å². The number of benzene rings is 1. The zero-order chi connectivity index (χ0) is 9.80. The molecular weight excluding hydrogens is 174 g/mol. The molecule has 2 heteroatoms. The molecule has 1 aromatic carbocycles. The summed E-state index contributed by atoms with van der Waals surface area (Å²) in [6.45, 7) is 1.95. The number of rotatable bonds is 4. The fourth-order valence-electron chi connectivity index (χ4n) is 2.06. The van der Waals surface area contributed by atoms with Crippen LogP contribution >= 0.6 is 0 Å². The first kappa shape index (κ1) is 9.53. The Labute approximate surface area is 85.3 Å². The van der Waals surface area contributed by atoms with Crippen LogP contribution in [-0.4, -0.2) is 20.3 Å². The normalized spacial score (nSPS) is 13.8. The molecule has 1 heterocycles. The average molecular weight is 191 g/mol. The Balaban J connectivity index is 2.06. The van der Waals surface area contributed by atoms with Crippen molar-refractivity contribution in [3.8, 4) is 0 Å². The summed E-state index contributed by atoms with van der Waals surface area (Å²) in [4.78, 5) is 0. The molecule has 0 radical (unpaired) electrons. The summed E-state index contributed by atoms with van der Waals surface area (Å²) >= 11 is 0. The fourth-order valence-corrected chi connectivity index (χ4v) is 2.06. The van der Waals surface area contributed by atoms with E-state index in [1.807, 2.05) is 0 Å². The van der Waals surface area contributed by atoms with Gasteiger partial charge < -0.3 is 10.1 Å². The quantitative estimate of drug-likeness (QED) is 0.737. The number of fused-ring (bicyclic) bond motifs is 1. The van der Waals surface area contributed by atoms with Gasteiger partial charge in [-0.25, -0.2) is 0 Å². The van der Waals surface area contributed by atoms with E-state index in [1.54, 1.807) is 7.11 Å². The highest BCUT2D eigenvalue weighted by molar-refractivity contribution is 5.58. The summed E-state index contributed by atoms with van der Waals surface area (Å²) in [5, 5.41) is 3.40. The Kier molecular flexibility index (Phi) is 3.04. The molecule has 0 spiro atoms. The Morgan fingerprint density at radius 3 is 3.21 bits per heavy atom. The molecule has 14 heavy (non-hydrogen) atoms. The maximum Gasteiger partial charge on any atom is 0.0465 e. The van der Waals surface area contributed by atoms with E-state index in [-0.39, 0.29) is 0 Å². The van der Waals surface area contributed by atoms with Gasteiger partial charge in [-0.3, -0.25) is 0 Å². The molecule has 0 aliphatic carbocycles. The van der Waals surface area contributed by atoms with Crippen molar-refractivity contribution in [2.75, 3.05) is 25.6 Å². The number of aryl methyl sites for hydroxylation is 1. The second-order valence-corrected chi connectivity index (χ2v) is 3.72. The van der Waals surface area contributed by atoms with E-state index in [1.165, 1.54) is 23.2 Å². The van der Waals surface area contributed by atoms with Crippen LogP contribution < -0.4 is 5.32 Å². The lowest BCUT2D eigenvalue weighted by Crippen LogP contribution is -1.96. The largest absolute Gasteiger partial charge is 0.385 e. The molecule has 0 saturated heterocycles. The van der Waals surface area contributed by atoms with Crippen LogP contribution in [0.5, 0.6) is 0 Å². The summed E-state index contributed by atoms with van der Waals surface area (Å²) in [7, 11) is 1.76. The van der Waals surface area contributed by atoms with Gasteiger partial charge in [0.2, 0.25) is 0 Å². The van der Waals surface area contributed by atoms with Crippen molar-refractivity contribution >= 4 is 5.69 Å². The zero-order valence-corrected chi connectivity index (χ0v) is 8.68. The predicted molar refractivity (Wildman–Crippen MR) is 58.8 cm³/mol. The Bertz CT molecular complexity index is 309. The van der Waals surface area contributed by atoms with Crippen molar-refractivity contribution in [1.29, 1.82) is 0 Å². The van der Waals surface area contributed by atoms with Gasteiger partial charge in [0.05, 0.1) is 0 Å². The third kappa shape index (κ3) is 1.90. The standard InChI is InChI=1S/C12H17NO/c1-14-9-3-5-10-4-2-6-12-11(10)7-8-13-12/h2,4,6,13H,3,5,7-9H2,1H3. The number of nitrogens with one attached hydrogen (secondary N) is 1. The maximum absolute atomic E-state index is 5.07. The minimum Gasteiger partial charge on any atom is -0.385 e. The molecule has 0 atom stereocenters. The molecule has 76 valence electrons. The number of anilines is 1. The van der Waals surface area contributed by atoms with Gasteiger partial charge in [0, 0.05) is 25.9 Å². The van der Waals surface area contributed by atoms with Gasteiger partial charge in [0.1, 0.15) is 0 Å². The summed E-state index contributed by atoms with van der Waals surface area (Å²) in [6.07, 6.45) is 3.43. The van der Waals surface area contributed by atoms with Crippen molar-refractivity contribution in [3.05, 3.63) is 29.3 Å². The van der Waals surface area contributed by atoms with E-state index in [4.69, 9.17) is 4.74 Å². The van der Waals surface area contributed by atoms with Gasteiger partial charge in [0.25, 0.3) is 0 Å². The molecular formula is C12H17NO. The fraction of sp³-hybridized carbons (Fsp3) is 0.500. The number of hydrogen-bond acceptors (Lipinski definition) is 2. The maximum atomic E-state index is 5.07. The van der Waals surface area contributed by atoms with Gasteiger partial charge in [-0.2, -0.15) is 0 Å². The van der Waals surface area contributed by atoms with Gasteiger partial charge in [-0.05, 0) is 36.5 Å². The molecule has 1 aliphatic heterocycles. The van der Waals surface area contributed by atoms with Crippen LogP contribution in [0.15, 0.2) is 18.2 Å². The monoisotopic (exact) mass is 191 g/mol. The predicted octanol–water partition coefficient (Wildman–Crippen LogP) is 2.23. The Hall–Kier alpha value is -1.02. The highest BCUT2D eigenvalue weighted by atomic mass is 16.5. The van der Waals surface area contributed by atoms with E-state index in [9.17, 15) is 0 Å². The first-order chi connectivity index (χ1) is 6.92. The van der Waals surface area contributed by atoms with Gasteiger partial charge in [0.15, 0.2) is 0 Å². The van der Waals surface area contributed by atoms with Crippen LogP contribution in [-0.2, 0) is 17.6 Å². The molecule has 0 aromatic heterocycles. The lowest BCUT2D eigenvalue weighted by atomic mass is 10.0. The van der Waals surface area contributed by atoms with Crippen LogP contribution in [0.2, 0.25) is 0 Å². The number of methoxy groups -OCH3 is 1. The summed E-state index contributed by atoms with van der Waals surface area (Å²) < 4.78 is 5.07. The minimum absolute atomic E-state index is 0.858. The highest BCUT2D eigenvalue weighted by Gasteiger charge is 2.12. The van der Waals surface area contributed by atoms with Crippen LogP contribution in [0.3, 0.4) is 0 Å². The van der Waals surface area contributed by atoms with E-state index in [2.05, 4.69) is 23.5 Å². The van der Waals surface area contributed by atoms with Crippen LogP contribution in [0.1, 0.15) is 17.5 Å². The smallest absolute Gasteiger partial charge is 0.0465 e. The van der Waals surface area contributed by atoms with Crippen molar-refractivity contribution in [2.24, 2.45) is 0 Å². The molecule has 0 saturated carbocycles. The van der Waals surface area contributed by atoms with Gasteiger partial charge >= 0.3 is 0 Å². The summed E-state index contributed by atoms with van der Waals surface area (Å²) in [5.74, 6) is 0. The van der Waals surface area contributed by atoms with Crippen molar-refractivity contribution in [3.63, 3.8) is 0 Å². The molecule has 0 amide bonds. The summed E-state index contributed by atoms with van der Waals surface area (Å²) in [6, 6.07) is 6.54. The first-order valence-corrected chi connectivity index (χ1v) is 5.25. The minimum atomic E-state index is 0.858. The summed E-state index contributed by atoms with van der Waals surface area (Å²) in [5.41, 5.74) is 4.34. The molecule has 0 fully saturated rings. The van der Waals surface area contributed by atoms with E-state index >= 15 is 0 Å². The third-order valence-corrected chi connectivity index (χ3v) is 2.76. The molecule has 1 N–H and O–H groups in total. The first-order valence-electron chi connectivity index (χ1n) is 5.25. The molecule has 1 aromatic rings. The van der Waals surface area contributed by atoms with Crippen molar-refractivity contribution < 1.29 is 4.74 Å². The van der Waals surface area contributed by atoms with Gasteiger partial charge in [-0.1, -0.05) is 12.1 Å². The molecule has 0 unspecified atom stereocenters. The van der Waals surface area contributed by atoms with Crippen molar-refractivity contribution in [1.82, 2.24) is 0 Å². The molecule has 1 aliphatic rings. The molecule has 2 nitrogen and oxygen atoms in total. The van der Waals surface area contributed by atoms with Crippen molar-refractivity contribution in [2.45, 2.75) is 19.3 Å².